The number of rotatable bonds is 3. The zero-order valence-corrected chi connectivity index (χ0v) is 5.44. The van der Waals surface area contributed by atoms with Gasteiger partial charge in [0.1, 0.15) is 12.1 Å². The van der Waals surface area contributed by atoms with E-state index in [1.807, 2.05) is 0 Å². The Morgan fingerprint density at radius 1 is 1.50 bits per heavy atom. The molecule has 0 aliphatic carbocycles. The van der Waals surface area contributed by atoms with E-state index in [2.05, 4.69) is 0 Å². The average molecular weight is 147 g/mol. The van der Waals surface area contributed by atoms with Crippen LogP contribution in [0.1, 0.15) is 6.92 Å². The smallest absolute Gasteiger partial charge is 0.323 e. The third-order valence-electron chi connectivity index (χ3n) is 1.04. The molecule has 0 radical (unpaired) electrons. The summed E-state index contributed by atoms with van der Waals surface area (Å²) in [5, 5.41) is 16.9. The van der Waals surface area contributed by atoms with Crippen molar-refractivity contribution in [1.29, 1.82) is 0 Å². The molecule has 5 heteroatoms. The van der Waals surface area contributed by atoms with Gasteiger partial charge in [0.05, 0.1) is 0 Å². The minimum absolute atomic E-state index is 0.644. The van der Waals surface area contributed by atoms with Crippen LogP contribution in [0.5, 0.6) is 0 Å². The summed E-state index contributed by atoms with van der Waals surface area (Å²) in [6.07, 6.45) is -1.60. The maximum atomic E-state index is 10.3. The van der Waals surface area contributed by atoms with Gasteiger partial charge in [0.25, 0.3) is 0 Å². The van der Waals surface area contributed by atoms with Crippen LogP contribution in [0.3, 0.4) is 0 Å². The van der Waals surface area contributed by atoms with Crippen LogP contribution >= 0.6 is 0 Å². The first-order chi connectivity index (χ1) is 4.46. The molecule has 10 heavy (non-hydrogen) atoms. The van der Waals surface area contributed by atoms with E-state index in [1.54, 1.807) is 0 Å². The Morgan fingerprint density at radius 2 is 1.90 bits per heavy atom. The molecule has 0 heterocycles. The van der Waals surface area contributed by atoms with E-state index in [9.17, 15) is 9.59 Å². The van der Waals surface area contributed by atoms with Crippen molar-refractivity contribution in [2.45, 2.75) is 19.1 Å². The number of carbonyl (C=O) groups is 2. The second-order valence-electron chi connectivity index (χ2n) is 1.92. The van der Waals surface area contributed by atoms with Crippen LogP contribution in [0.15, 0.2) is 0 Å². The van der Waals surface area contributed by atoms with Gasteiger partial charge >= 0.3 is 5.97 Å². The van der Waals surface area contributed by atoms with Gasteiger partial charge in [0, 0.05) is 0 Å². The lowest BCUT2D eigenvalue weighted by Gasteiger charge is -2.09. The molecule has 0 fully saturated rings. The molecule has 0 saturated heterocycles. The summed E-state index contributed by atoms with van der Waals surface area (Å²) in [6.45, 7) is 1.08. The Morgan fingerprint density at radius 3 is 2.00 bits per heavy atom. The van der Waals surface area contributed by atoms with Crippen molar-refractivity contribution >= 4 is 11.8 Å². The lowest BCUT2D eigenvalue weighted by molar-refractivity contribution is -0.144. The van der Waals surface area contributed by atoms with Crippen LogP contribution < -0.4 is 5.73 Å². The summed E-state index contributed by atoms with van der Waals surface area (Å²) in [4.78, 5) is 20.3. The highest BCUT2D eigenvalue weighted by molar-refractivity contribution is 5.88. The molecule has 0 aromatic carbocycles. The number of hydrogen-bond acceptors (Lipinski definition) is 4. The normalized spacial score (nSPS) is 15.9. The van der Waals surface area contributed by atoms with Crippen molar-refractivity contribution in [2.75, 3.05) is 0 Å². The van der Waals surface area contributed by atoms with Gasteiger partial charge in [-0.25, -0.2) is 0 Å². The number of aliphatic carboxylic acids is 1. The highest BCUT2D eigenvalue weighted by Gasteiger charge is 2.25. The number of aliphatic hydroxyl groups is 1. The Labute approximate surface area is 57.5 Å². The molecule has 2 atom stereocenters. The SMILES string of the molecule is CC(=O)C(O)[C@H](N)C(=O)O. The standard InChI is InChI=1S/C5H9NO4/c1-2(7)4(8)3(6)5(9)10/h3-4,8H,6H2,1H3,(H,9,10)/t3-,4?/m0/s1. The predicted molar refractivity (Wildman–Crippen MR) is 32.3 cm³/mol. The van der Waals surface area contributed by atoms with E-state index >= 15 is 0 Å². The highest BCUT2D eigenvalue weighted by Crippen LogP contribution is 1.91. The van der Waals surface area contributed by atoms with Crippen LogP contribution in [0, 0.1) is 0 Å². The van der Waals surface area contributed by atoms with Gasteiger partial charge in [0.2, 0.25) is 0 Å². The Bertz CT molecular complexity index is 138. The van der Waals surface area contributed by atoms with Crippen molar-refractivity contribution in [3.8, 4) is 0 Å². The maximum absolute atomic E-state index is 10.3. The van der Waals surface area contributed by atoms with E-state index in [0.717, 1.165) is 6.92 Å². The number of ketones is 1. The van der Waals surface area contributed by atoms with E-state index in [0.29, 0.717) is 0 Å². The number of carboxylic acids is 1. The lowest BCUT2D eigenvalue weighted by atomic mass is 10.1. The zero-order chi connectivity index (χ0) is 8.31. The molecule has 0 rings (SSSR count). The Kier molecular flexibility index (Phi) is 2.98. The molecule has 5 nitrogen and oxygen atoms in total. The number of nitrogens with two attached hydrogens (primary N) is 1. The summed E-state index contributed by atoms with van der Waals surface area (Å²) in [7, 11) is 0. The molecule has 0 amide bonds. The molecule has 1 unspecified atom stereocenters. The fraction of sp³-hybridized carbons (Fsp3) is 0.600. The number of hydrogen-bond donors (Lipinski definition) is 3. The highest BCUT2D eigenvalue weighted by atomic mass is 16.4. The fourth-order valence-electron chi connectivity index (χ4n) is 0.388. The minimum atomic E-state index is -1.60. The molecule has 0 bridgehead atoms. The second kappa shape index (κ2) is 3.28. The number of aliphatic hydroxyl groups excluding tert-OH is 1. The van der Waals surface area contributed by atoms with Gasteiger partial charge in [-0.3, -0.25) is 9.59 Å². The first kappa shape index (κ1) is 9.06. The summed E-state index contributed by atoms with van der Waals surface area (Å²) >= 11 is 0. The van der Waals surface area contributed by atoms with Gasteiger partial charge < -0.3 is 15.9 Å². The zero-order valence-electron chi connectivity index (χ0n) is 5.44. The first-order valence-corrected chi connectivity index (χ1v) is 2.63. The summed E-state index contributed by atoms with van der Waals surface area (Å²) in [6, 6.07) is -1.52. The summed E-state index contributed by atoms with van der Waals surface area (Å²) in [5.41, 5.74) is 4.89. The minimum Gasteiger partial charge on any atom is -0.480 e. The number of carboxylic acid groups (broad SMARTS) is 1. The van der Waals surface area contributed by atoms with Crippen LogP contribution in [0.4, 0.5) is 0 Å². The fourth-order valence-corrected chi connectivity index (χ4v) is 0.388. The van der Waals surface area contributed by atoms with Crippen LogP contribution in [-0.2, 0) is 9.59 Å². The topological polar surface area (TPSA) is 101 Å². The monoisotopic (exact) mass is 147 g/mol. The van der Waals surface area contributed by atoms with E-state index < -0.39 is 23.9 Å². The van der Waals surface area contributed by atoms with Crippen molar-refractivity contribution in [3.05, 3.63) is 0 Å². The molecular weight excluding hydrogens is 138 g/mol. The largest absolute Gasteiger partial charge is 0.480 e. The molecule has 0 spiro atoms. The lowest BCUT2D eigenvalue weighted by Crippen LogP contribution is -2.45. The molecule has 0 aromatic heterocycles. The van der Waals surface area contributed by atoms with Gasteiger partial charge in [-0.2, -0.15) is 0 Å². The van der Waals surface area contributed by atoms with Crippen molar-refractivity contribution in [1.82, 2.24) is 0 Å². The van der Waals surface area contributed by atoms with Gasteiger partial charge in [-0.1, -0.05) is 0 Å². The second-order valence-corrected chi connectivity index (χ2v) is 1.92. The molecule has 4 N–H and O–H groups in total. The third kappa shape index (κ3) is 2.12. The molecule has 58 valence electrons. The maximum Gasteiger partial charge on any atom is 0.323 e. The molecule has 0 aliphatic heterocycles. The van der Waals surface area contributed by atoms with Crippen molar-refractivity contribution < 1.29 is 19.8 Å². The van der Waals surface area contributed by atoms with Gasteiger partial charge in [-0.05, 0) is 6.92 Å². The third-order valence-corrected chi connectivity index (χ3v) is 1.04. The average Bonchev–Trinajstić information content (AvgIpc) is 1.84. The molecular formula is C5H9NO4. The van der Waals surface area contributed by atoms with Crippen molar-refractivity contribution in [2.24, 2.45) is 5.73 Å². The Balaban J connectivity index is 4.07. The quantitative estimate of drug-likeness (QED) is 0.444. The Hall–Kier alpha value is -0.940. The molecule has 0 aromatic rings. The van der Waals surface area contributed by atoms with Crippen LogP contribution in [-0.4, -0.2) is 34.1 Å². The first-order valence-electron chi connectivity index (χ1n) is 2.63. The van der Waals surface area contributed by atoms with E-state index in [-0.39, 0.29) is 0 Å². The molecule has 0 saturated carbocycles. The molecule has 0 aliphatic rings. The van der Waals surface area contributed by atoms with Crippen molar-refractivity contribution in [3.63, 3.8) is 0 Å². The summed E-state index contributed by atoms with van der Waals surface area (Å²) < 4.78 is 0. The summed E-state index contributed by atoms with van der Waals surface area (Å²) in [5.74, 6) is -2.03. The number of carbonyl (C=O) groups excluding carboxylic acids is 1. The number of Topliss-reactive ketones (excluding diaryl/α,β-unsaturated/α-hetero) is 1. The van der Waals surface area contributed by atoms with Crippen LogP contribution in [0.25, 0.3) is 0 Å². The van der Waals surface area contributed by atoms with Gasteiger partial charge in [-0.15, -0.1) is 0 Å². The van der Waals surface area contributed by atoms with E-state index in [1.165, 1.54) is 0 Å². The van der Waals surface area contributed by atoms with Crippen LogP contribution in [0.2, 0.25) is 0 Å². The van der Waals surface area contributed by atoms with E-state index in [4.69, 9.17) is 15.9 Å². The predicted octanol–water partition coefficient (Wildman–Crippen LogP) is -1.65. The van der Waals surface area contributed by atoms with Gasteiger partial charge in [0.15, 0.2) is 5.78 Å².